The largest absolute Gasteiger partial charge is 0.336 e. The molecule has 2 bridgehead atoms. The minimum atomic E-state index is 0.323. The van der Waals surface area contributed by atoms with Gasteiger partial charge < -0.3 is 4.90 Å². The van der Waals surface area contributed by atoms with Gasteiger partial charge in [0.2, 0.25) is 5.91 Å². The van der Waals surface area contributed by atoms with Gasteiger partial charge in [-0.1, -0.05) is 30.3 Å². The maximum absolute atomic E-state index is 13.2. The summed E-state index contributed by atoms with van der Waals surface area (Å²) in [6.07, 6.45) is 10.5. The number of fused-ring (bicyclic) bond motifs is 3. The Kier molecular flexibility index (Phi) is 5.01. The smallest absolute Gasteiger partial charge is 0.223 e. The summed E-state index contributed by atoms with van der Waals surface area (Å²) in [6.45, 7) is 3.00. The van der Waals surface area contributed by atoms with E-state index in [1.807, 2.05) is 18.6 Å². The molecule has 0 spiro atoms. The normalized spacial score (nSPS) is 21.8. The molecule has 0 aliphatic carbocycles. The summed E-state index contributed by atoms with van der Waals surface area (Å²) in [5.74, 6) is 0.797. The van der Waals surface area contributed by atoms with Gasteiger partial charge in [0.15, 0.2) is 0 Å². The number of H-pyrrole nitrogens is 1. The van der Waals surface area contributed by atoms with Crippen LogP contribution in [0.2, 0.25) is 0 Å². The molecular formula is C27H29N5O. The Labute approximate surface area is 193 Å². The van der Waals surface area contributed by atoms with Crippen molar-refractivity contribution in [1.29, 1.82) is 0 Å². The minimum absolute atomic E-state index is 0.323. The number of nitrogens with one attached hydrogen (secondary N) is 1. The monoisotopic (exact) mass is 439 g/mol. The predicted molar refractivity (Wildman–Crippen MR) is 129 cm³/mol. The molecule has 33 heavy (non-hydrogen) atoms. The highest BCUT2D eigenvalue weighted by Crippen LogP contribution is 2.43. The molecule has 3 unspecified atom stereocenters. The molecule has 3 atom stereocenters. The van der Waals surface area contributed by atoms with Crippen molar-refractivity contribution >= 4 is 16.8 Å². The molecule has 0 radical (unpaired) electrons. The van der Waals surface area contributed by atoms with Crippen LogP contribution in [0, 0.1) is 12.8 Å². The third kappa shape index (κ3) is 3.63. The van der Waals surface area contributed by atoms with Crippen molar-refractivity contribution in [3.63, 3.8) is 0 Å². The van der Waals surface area contributed by atoms with Gasteiger partial charge in [0, 0.05) is 48.1 Å². The van der Waals surface area contributed by atoms with E-state index in [-0.39, 0.29) is 0 Å². The Morgan fingerprint density at radius 3 is 2.88 bits per heavy atom. The van der Waals surface area contributed by atoms with Crippen LogP contribution < -0.4 is 0 Å². The van der Waals surface area contributed by atoms with Gasteiger partial charge in [-0.15, -0.1) is 0 Å². The predicted octanol–water partition coefficient (Wildman–Crippen LogP) is 4.75. The van der Waals surface area contributed by atoms with Crippen LogP contribution in [0.5, 0.6) is 0 Å². The number of hydrogen-bond acceptors (Lipinski definition) is 3. The van der Waals surface area contributed by atoms with Gasteiger partial charge in [0.25, 0.3) is 0 Å². The van der Waals surface area contributed by atoms with Gasteiger partial charge in [0.05, 0.1) is 17.9 Å². The van der Waals surface area contributed by atoms with Crippen LogP contribution in [0.4, 0.5) is 0 Å². The standard InChI is InChI=1S/C27H29N5O/c1-18-4-2-3-5-19(18)7-11-27(33)32-24-8-10-26(32)22(13-24)17-31-25-9-6-20(12-21(25)16-30-31)23-14-28-29-15-23/h2-6,9,12,14-16,22,24,26H,7-8,10-11,13,17H2,1H3,(H,28,29). The molecular weight excluding hydrogens is 410 g/mol. The lowest BCUT2D eigenvalue weighted by molar-refractivity contribution is -0.132. The van der Waals surface area contributed by atoms with Crippen molar-refractivity contribution in [1.82, 2.24) is 24.9 Å². The molecule has 2 aromatic carbocycles. The minimum Gasteiger partial charge on any atom is -0.336 e. The number of aryl methyl sites for hydroxylation is 2. The van der Waals surface area contributed by atoms with Crippen molar-refractivity contribution in [3.8, 4) is 11.1 Å². The van der Waals surface area contributed by atoms with Crippen molar-refractivity contribution in [3.05, 3.63) is 72.2 Å². The lowest BCUT2D eigenvalue weighted by atomic mass is 9.89. The van der Waals surface area contributed by atoms with E-state index >= 15 is 0 Å². The molecule has 2 aromatic heterocycles. The average Bonchev–Trinajstić information content (AvgIpc) is 3.62. The summed E-state index contributed by atoms with van der Waals surface area (Å²) in [6, 6.07) is 15.6. The Hall–Kier alpha value is -3.41. The van der Waals surface area contributed by atoms with Crippen LogP contribution in [0.3, 0.4) is 0 Å². The molecule has 1 amide bonds. The van der Waals surface area contributed by atoms with E-state index in [2.05, 4.69) is 69.2 Å². The Bertz CT molecular complexity index is 1290. The zero-order valence-electron chi connectivity index (χ0n) is 18.9. The van der Waals surface area contributed by atoms with Crippen molar-refractivity contribution in [2.24, 2.45) is 5.92 Å². The van der Waals surface area contributed by atoms with Gasteiger partial charge in [-0.3, -0.25) is 14.6 Å². The number of hydrogen-bond donors (Lipinski definition) is 1. The lowest BCUT2D eigenvalue weighted by Gasteiger charge is -2.25. The summed E-state index contributed by atoms with van der Waals surface area (Å²) in [5, 5.41) is 12.8. The number of carbonyl (C=O) groups is 1. The van der Waals surface area contributed by atoms with Crippen molar-refractivity contribution in [2.75, 3.05) is 0 Å². The Balaban J connectivity index is 1.15. The molecule has 4 aromatic rings. The fourth-order valence-corrected chi connectivity index (χ4v) is 6.00. The number of nitrogens with zero attached hydrogens (tertiary/aromatic N) is 4. The lowest BCUT2D eigenvalue weighted by Crippen LogP contribution is -2.37. The third-order valence-corrected chi connectivity index (χ3v) is 7.70. The van der Waals surface area contributed by atoms with Crippen molar-refractivity contribution in [2.45, 2.75) is 57.7 Å². The zero-order valence-corrected chi connectivity index (χ0v) is 18.9. The first kappa shape index (κ1) is 20.2. The molecule has 4 heterocycles. The van der Waals surface area contributed by atoms with Crippen LogP contribution in [0.25, 0.3) is 22.0 Å². The maximum atomic E-state index is 13.2. The fraction of sp³-hybridized carbons (Fsp3) is 0.370. The first-order valence-corrected chi connectivity index (χ1v) is 12.0. The molecule has 2 aliphatic rings. The number of aromatic nitrogens is 4. The second-order valence-electron chi connectivity index (χ2n) is 9.61. The highest BCUT2D eigenvalue weighted by Gasteiger charge is 2.48. The molecule has 6 heteroatoms. The van der Waals surface area contributed by atoms with Crippen LogP contribution in [0.15, 0.2) is 61.1 Å². The quantitative estimate of drug-likeness (QED) is 0.472. The third-order valence-electron chi connectivity index (χ3n) is 7.70. The topological polar surface area (TPSA) is 66.8 Å². The summed E-state index contributed by atoms with van der Waals surface area (Å²) < 4.78 is 2.13. The highest BCUT2D eigenvalue weighted by atomic mass is 16.2. The fourth-order valence-electron chi connectivity index (χ4n) is 6.00. The van der Waals surface area contributed by atoms with E-state index in [4.69, 9.17) is 5.10 Å². The summed E-state index contributed by atoms with van der Waals surface area (Å²) in [4.78, 5) is 15.4. The molecule has 168 valence electrons. The van der Waals surface area contributed by atoms with E-state index in [9.17, 15) is 4.79 Å². The summed E-state index contributed by atoms with van der Waals surface area (Å²) in [5.41, 5.74) is 5.93. The van der Waals surface area contributed by atoms with Crippen molar-refractivity contribution < 1.29 is 4.79 Å². The second-order valence-corrected chi connectivity index (χ2v) is 9.61. The molecule has 6 nitrogen and oxygen atoms in total. The van der Waals surface area contributed by atoms with Gasteiger partial charge in [-0.05, 0) is 61.4 Å². The maximum Gasteiger partial charge on any atom is 0.223 e. The summed E-state index contributed by atoms with van der Waals surface area (Å²) >= 11 is 0. The number of aromatic amines is 1. The number of amides is 1. The van der Waals surface area contributed by atoms with E-state index in [1.165, 1.54) is 11.1 Å². The molecule has 6 rings (SSSR count). The first-order chi connectivity index (χ1) is 16.2. The number of benzene rings is 2. The summed E-state index contributed by atoms with van der Waals surface area (Å²) in [7, 11) is 0. The van der Waals surface area contributed by atoms with Crippen LogP contribution >= 0.6 is 0 Å². The molecule has 0 saturated carbocycles. The van der Waals surface area contributed by atoms with E-state index in [0.29, 0.717) is 30.3 Å². The average molecular weight is 440 g/mol. The SMILES string of the molecule is Cc1ccccc1CCC(=O)N1C2CCC1C(Cn1ncc3cc(-c4cn[nH]c4)ccc31)C2. The molecule has 1 N–H and O–H groups in total. The van der Waals surface area contributed by atoms with E-state index in [0.717, 1.165) is 54.3 Å². The molecule has 2 aliphatic heterocycles. The number of carbonyl (C=O) groups excluding carboxylic acids is 1. The Morgan fingerprint density at radius 2 is 2.03 bits per heavy atom. The zero-order chi connectivity index (χ0) is 22.4. The van der Waals surface area contributed by atoms with Crippen LogP contribution in [-0.4, -0.2) is 42.9 Å². The molecule has 2 saturated heterocycles. The van der Waals surface area contributed by atoms with E-state index < -0.39 is 0 Å². The van der Waals surface area contributed by atoms with Gasteiger partial charge in [0.1, 0.15) is 0 Å². The first-order valence-electron chi connectivity index (χ1n) is 12.0. The van der Waals surface area contributed by atoms with Gasteiger partial charge >= 0.3 is 0 Å². The second kappa shape index (κ2) is 8.18. The van der Waals surface area contributed by atoms with Crippen LogP contribution in [-0.2, 0) is 17.8 Å². The Morgan fingerprint density at radius 1 is 1.12 bits per heavy atom. The van der Waals surface area contributed by atoms with Gasteiger partial charge in [-0.25, -0.2) is 0 Å². The van der Waals surface area contributed by atoms with Crippen LogP contribution in [0.1, 0.15) is 36.8 Å². The van der Waals surface area contributed by atoms with E-state index in [1.54, 1.807) is 0 Å². The number of rotatable bonds is 6. The van der Waals surface area contributed by atoms with Gasteiger partial charge in [-0.2, -0.15) is 10.2 Å². The highest BCUT2D eigenvalue weighted by molar-refractivity contribution is 5.84. The molecule has 2 fully saturated rings.